The molecule has 0 amide bonds. The van der Waals surface area contributed by atoms with E-state index in [2.05, 4.69) is 20.1 Å². The highest BCUT2D eigenvalue weighted by Gasteiger charge is 2.15. The number of carboxylic acids is 1. The van der Waals surface area contributed by atoms with Crippen LogP contribution >= 0.6 is 0 Å². The van der Waals surface area contributed by atoms with Crippen molar-refractivity contribution in [3.05, 3.63) is 42.5 Å². The summed E-state index contributed by atoms with van der Waals surface area (Å²) in [6.45, 7) is -0.498. The van der Waals surface area contributed by atoms with E-state index < -0.39 is 22.6 Å². The Bertz CT molecular complexity index is 982. The van der Waals surface area contributed by atoms with Crippen LogP contribution in [0.25, 0.3) is 11.0 Å². The molecule has 10 heteroatoms. The number of rotatable bonds is 6. The molecule has 3 aromatic rings. The molecule has 124 valence electrons. The van der Waals surface area contributed by atoms with E-state index in [-0.39, 0.29) is 10.6 Å². The summed E-state index contributed by atoms with van der Waals surface area (Å²) in [7, 11) is -3.79. The number of fused-ring (bicyclic) bond motifs is 1. The first kappa shape index (κ1) is 15.7. The summed E-state index contributed by atoms with van der Waals surface area (Å²) in [6, 6.07) is 10.2. The molecule has 1 aromatic heterocycles. The molecule has 0 fully saturated rings. The Morgan fingerprint density at radius 1 is 1.12 bits per heavy atom. The second-order valence-electron chi connectivity index (χ2n) is 4.79. The molecule has 0 bridgehead atoms. The zero-order valence-electron chi connectivity index (χ0n) is 12.1. The van der Waals surface area contributed by atoms with Crippen molar-refractivity contribution >= 4 is 32.7 Å². The Morgan fingerprint density at radius 3 is 2.54 bits per heavy atom. The van der Waals surface area contributed by atoms with Crippen molar-refractivity contribution in [2.75, 3.05) is 11.3 Å². The first-order valence-corrected chi connectivity index (χ1v) is 8.20. The maximum absolute atomic E-state index is 12.4. The predicted octanol–water partition coefficient (Wildman–Crippen LogP) is 1.22. The summed E-state index contributed by atoms with van der Waals surface area (Å²) in [5.41, 5.74) is 1.51. The van der Waals surface area contributed by atoms with Gasteiger partial charge >= 0.3 is 5.97 Å². The number of nitrogens with one attached hydrogen (secondary N) is 2. The van der Waals surface area contributed by atoms with Crippen molar-refractivity contribution < 1.29 is 23.1 Å². The lowest BCUT2D eigenvalue weighted by Crippen LogP contribution is -2.13. The van der Waals surface area contributed by atoms with E-state index >= 15 is 0 Å². The second-order valence-corrected chi connectivity index (χ2v) is 6.47. The summed E-state index contributed by atoms with van der Waals surface area (Å²) in [6.07, 6.45) is 0. The number of benzene rings is 2. The average molecular weight is 348 g/mol. The number of anilines is 1. The average Bonchev–Trinajstić information content (AvgIpc) is 3.00. The molecule has 9 nitrogen and oxygen atoms in total. The molecule has 0 aliphatic heterocycles. The Hall–Kier alpha value is -3.14. The summed E-state index contributed by atoms with van der Waals surface area (Å²) >= 11 is 0. The van der Waals surface area contributed by atoms with E-state index in [9.17, 15) is 13.2 Å². The van der Waals surface area contributed by atoms with Crippen LogP contribution in [0.15, 0.2) is 47.4 Å². The van der Waals surface area contributed by atoms with Crippen molar-refractivity contribution in [1.82, 2.24) is 15.4 Å². The molecular formula is C14H12N4O5S. The van der Waals surface area contributed by atoms with E-state index in [0.29, 0.717) is 16.7 Å². The third kappa shape index (κ3) is 3.43. The van der Waals surface area contributed by atoms with Gasteiger partial charge in [0.1, 0.15) is 16.8 Å². The fraction of sp³-hybridized carbons (Fsp3) is 0.0714. The maximum atomic E-state index is 12.4. The van der Waals surface area contributed by atoms with Gasteiger partial charge in [-0.1, -0.05) is 0 Å². The number of aromatic amines is 1. The smallest absolute Gasteiger partial charge is 0.341 e. The molecule has 0 radical (unpaired) electrons. The number of aliphatic carboxylic acids is 1. The van der Waals surface area contributed by atoms with Crippen LogP contribution in [0.5, 0.6) is 5.75 Å². The van der Waals surface area contributed by atoms with Gasteiger partial charge in [0.05, 0.1) is 10.6 Å². The summed E-state index contributed by atoms with van der Waals surface area (Å²) < 4.78 is 32.1. The van der Waals surface area contributed by atoms with Gasteiger partial charge in [0.25, 0.3) is 10.0 Å². The van der Waals surface area contributed by atoms with Crippen LogP contribution in [-0.2, 0) is 14.8 Å². The van der Waals surface area contributed by atoms with Gasteiger partial charge in [0, 0.05) is 0 Å². The van der Waals surface area contributed by atoms with Crippen LogP contribution in [-0.4, -0.2) is 41.5 Å². The lowest BCUT2D eigenvalue weighted by Gasteiger charge is -2.09. The molecule has 0 aliphatic carbocycles. The molecule has 0 saturated heterocycles. The molecule has 0 spiro atoms. The van der Waals surface area contributed by atoms with E-state index in [0.717, 1.165) is 0 Å². The SMILES string of the molecule is O=C(O)COc1ccc(S(=O)(=O)Nc2ccc3n[nH]nc3c2)cc1. The lowest BCUT2D eigenvalue weighted by atomic mass is 10.3. The molecule has 0 saturated carbocycles. The number of nitrogens with zero attached hydrogens (tertiary/aromatic N) is 2. The van der Waals surface area contributed by atoms with Crippen LogP contribution in [0, 0.1) is 0 Å². The molecule has 0 aliphatic rings. The minimum absolute atomic E-state index is 0.0189. The number of hydrogen-bond donors (Lipinski definition) is 3. The minimum Gasteiger partial charge on any atom is -0.482 e. The maximum Gasteiger partial charge on any atom is 0.341 e. The fourth-order valence-corrected chi connectivity index (χ4v) is 3.03. The highest BCUT2D eigenvalue weighted by atomic mass is 32.2. The number of H-pyrrole nitrogens is 1. The molecule has 0 unspecified atom stereocenters. The summed E-state index contributed by atoms with van der Waals surface area (Å²) in [5.74, 6) is -0.850. The molecule has 3 N–H and O–H groups in total. The van der Waals surface area contributed by atoms with Gasteiger partial charge in [-0.3, -0.25) is 4.72 Å². The highest BCUT2D eigenvalue weighted by molar-refractivity contribution is 7.92. The zero-order valence-corrected chi connectivity index (χ0v) is 12.9. The Morgan fingerprint density at radius 2 is 1.83 bits per heavy atom. The largest absolute Gasteiger partial charge is 0.482 e. The molecule has 3 rings (SSSR count). The van der Waals surface area contributed by atoms with Crippen molar-refractivity contribution in [2.45, 2.75) is 4.90 Å². The van der Waals surface area contributed by atoms with Crippen LogP contribution in [0.1, 0.15) is 0 Å². The quantitative estimate of drug-likeness (QED) is 0.609. The van der Waals surface area contributed by atoms with Crippen molar-refractivity contribution in [1.29, 1.82) is 0 Å². The van der Waals surface area contributed by atoms with E-state index in [1.54, 1.807) is 18.2 Å². The van der Waals surface area contributed by atoms with Crippen molar-refractivity contribution in [3.8, 4) is 5.75 Å². The van der Waals surface area contributed by atoms with Gasteiger partial charge in [0.15, 0.2) is 6.61 Å². The number of ether oxygens (including phenoxy) is 1. The number of sulfonamides is 1. The molecule has 2 aromatic carbocycles. The van der Waals surface area contributed by atoms with Gasteiger partial charge in [-0.15, -0.1) is 0 Å². The predicted molar refractivity (Wildman–Crippen MR) is 84.3 cm³/mol. The molecule has 0 atom stereocenters. The van der Waals surface area contributed by atoms with Crippen LogP contribution in [0.2, 0.25) is 0 Å². The van der Waals surface area contributed by atoms with Crippen LogP contribution in [0.3, 0.4) is 0 Å². The Kier molecular flexibility index (Phi) is 4.04. The van der Waals surface area contributed by atoms with E-state index in [1.165, 1.54) is 24.3 Å². The first-order valence-electron chi connectivity index (χ1n) is 6.72. The van der Waals surface area contributed by atoms with E-state index in [1.807, 2.05) is 0 Å². The zero-order chi connectivity index (χ0) is 17.2. The van der Waals surface area contributed by atoms with Crippen molar-refractivity contribution in [3.63, 3.8) is 0 Å². The third-order valence-corrected chi connectivity index (χ3v) is 4.46. The van der Waals surface area contributed by atoms with Crippen molar-refractivity contribution in [2.24, 2.45) is 0 Å². The molecular weight excluding hydrogens is 336 g/mol. The van der Waals surface area contributed by atoms with Gasteiger partial charge in [0.2, 0.25) is 0 Å². The summed E-state index contributed by atoms with van der Waals surface area (Å²) in [4.78, 5) is 10.5. The minimum atomic E-state index is -3.79. The Labute approximate surface area is 136 Å². The van der Waals surface area contributed by atoms with E-state index in [4.69, 9.17) is 9.84 Å². The van der Waals surface area contributed by atoms with Crippen LogP contribution < -0.4 is 9.46 Å². The number of hydrogen-bond acceptors (Lipinski definition) is 6. The number of carboxylic acid groups (broad SMARTS) is 1. The second kappa shape index (κ2) is 6.16. The normalized spacial score (nSPS) is 11.3. The molecule has 24 heavy (non-hydrogen) atoms. The Balaban J connectivity index is 1.78. The topological polar surface area (TPSA) is 134 Å². The van der Waals surface area contributed by atoms with Gasteiger partial charge in [-0.2, -0.15) is 15.4 Å². The first-order chi connectivity index (χ1) is 11.4. The van der Waals surface area contributed by atoms with Gasteiger partial charge in [-0.05, 0) is 42.5 Å². The van der Waals surface area contributed by atoms with Crippen LogP contribution in [0.4, 0.5) is 5.69 Å². The fourth-order valence-electron chi connectivity index (χ4n) is 1.98. The van der Waals surface area contributed by atoms with Gasteiger partial charge in [-0.25, -0.2) is 13.2 Å². The van der Waals surface area contributed by atoms with Gasteiger partial charge < -0.3 is 9.84 Å². The standard InChI is InChI=1S/C14H12N4O5S/c19-14(20)8-23-10-2-4-11(5-3-10)24(21,22)17-9-1-6-12-13(7-9)16-18-15-12/h1-7,17H,8H2,(H,19,20)(H,15,16,18). The lowest BCUT2D eigenvalue weighted by molar-refractivity contribution is -0.139. The summed E-state index contributed by atoms with van der Waals surface area (Å²) in [5, 5.41) is 18.8. The number of aromatic nitrogens is 3. The molecule has 1 heterocycles. The highest BCUT2D eigenvalue weighted by Crippen LogP contribution is 2.21. The number of carbonyl (C=O) groups is 1. The third-order valence-electron chi connectivity index (χ3n) is 3.06. The monoisotopic (exact) mass is 348 g/mol.